The molecule has 2 aromatic carbocycles. The lowest BCUT2D eigenvalue weighted by atomic mass is 10.3. The van der Waals surface area contributed by atoms with Gasteiger partial charge in [0.15, 0.2) is 0 Å². The maximum Gasteiger partial charge on any atom is 0.279 e. The van der Waals surface area contributed by atoms with Gasteiger partial charge in [0.2, 0.25) is 0 Å². The number of carbonyl (C=O) groups excluding carboxylic acids is 1. The van der Waals surface area contributed by atoms with Crippen LogP contribution in [0.2, 0.25) is 0 Å². The van der Waals surface area contributed by atoms with Crippen LogP contribution in [0.25, 0.3) is 10.2 Å². The number of aromatic nitrogens is 1. The summed E-state index contributed by atoms with van der Waals surface area (Å²) in [6, 6.07) is 18.8. The second-order valence-corrected chi connectivity index (χ2v) is 6.95. The van der Waals surface area contributed by atoms with Gasteiger partial charge >= 0.3 is 0 Å². The third kappa shape index (κ3) is 3.15. The number of nitrogens with one attached hydrogen (secondary N) is 1. The monoisotopic (exact) mass is 352 g/mol. The van der Waals surface area contributed by atoms with Crippen LogP contribution in [0.3, 0.4) is 0 Å². The molecule has 4 nitrogen and oxygen atoms in total. The van der Waals surface area contributed by atoms with Crippen molar-refractivity contribution in [1.82, 2.24) is 4.98 Å². The number of fused-ring (bicyclic) bond motifs is 1. The molecule has 118 valence electrons. The minimum atomic E-state index is -0.107. The molecule has 6 heteroatoms. The van der Waals surface area contributed by atoms with E-state index in [1.54, 1.807) is 6.07 Å². The van der Waals surface area contributed by atoms with Crippen LogP contribution < -0.4 is 10.1 Å². The van der Waals surface area contributed by atoms with Gasteiger partial charge in [0.1, 0.15) is 5.75 Å². The van der Waals surface area contributed by atoms with E-state index in [0.717, 1.165) is 15.9 Å². The largest absolute Gasteiger partial charge is 0.431 e. The minimum absolute atomic E-state index is 0.107. The van der Waals surface area contributed by atoms with Crippen LogP contribution in [-0.2, 0) is 0 Å². The van der Waals surface area contributed by atoms with Crippen molar-refractivity contribution in [2.75, 3.05) is 5.32 Å². The molecule has 0 saturated heterocycles. The van der Waals surface area contributed by atoms with E-state index in [9.17, 15) is 4.79 Å². The van der Waals surface area contributed by atoms with Crippen LogP contribution in [0, 0.1) is 0 Å². The molecule has 0 atom stereocenters. The minimum Gasteiger partial charge on any atom is -0.431 e. The fourth-order valence-electron chi connectivity index (χ4n) is 2.20. The van der Waals surface area contributed by atoms with Gasteiger partial charge in [-0.05, 0) is 47.8 Å². The second-order valence-electron chi connectivity index (χ2n) is 5.01. The Morgan fingerprint density at radius 3 is 2.58 bits per heavy atom. The Labute approximate surface area is 146 Å². The van der Waals surface area contributed by atoms with Gasteiger partial charge in [0.05, 0.1) is 15.1 Å². The average molecular weight is 352 g/mol. The lowest BCUT2D eigenvalue weighted by Gasteiger charge is -2.05. The third-order valence-electron chi connectivity index (χ3n) is 3.34. The van der Waals surface area contributed by atoms with E-state index >= 15 is 0 Å². The van der Waals surface area contributed by atoms with Crippen molar-refractivity contribution >= 4 is 44.5 Å². The van der Waals surface area contributed by atoms with E-state index in [1.807, 2.05) is 60.0 Å². The van der Waals surface area contributed by atoms with Crippen molar-refractivity contribution in [2.24, 2.45) is 0 Å². The van der Waals surface area contributed by atoms with E-state index < -0.39 is 0 Å². The normalized spacial score (nSPS) is 10.7. The van der Waals surface area contributed by atoms with Gasteiger partial charge in [-0.2, -0.15) is 0 Å². The highest BCUT2D eigenvalue weighted by atomic mass is 32.1. The Kier molecular flexibility index (Phi) is 3.98. The van der Waals surface area contributed by atoms with Gasteiger partial charge in [-0.1, -0.05) is 29.5 Å². The highest BCUT2D eigenvalue weighted by Crippen LogP contribution is 2.31. The number of benzene rings is 2. The van der Waals surface area contributed by atoms with Crippen LogP contribution in [-0.4, -0.2) is 10.9 Å². The smallest absolute Gasteiger partial charge is 0.279 e. The molecule has 0 bridgehead atoms. The fraction of sp³-hybridized carbons (Fsp3) is 0. The molecule has 0 saturated carbocycles. The number of anilines is 1. The number of rotatable bonds is 4. The SMILES string of the molecule is O=C(Nc1ccc(Oc2nc3ccccc3s2)cc1)c1cccs1. The first-order chi connectivity index (χ1) is 11.8. The first-order valence-corrected chi connectivity index (χ1v) is 8.96. The molecule has 1 amide bonds. The molecule has 1 N–H and O–H groups in total. The van der Waals surface area contributed by atoms with E-state index in [-0.39, 0.29) is 5.91 Å². The van der Waals surface area contributed by atoms with Gasteiger partial charge < -0.3 is 10.1 Å². The summed E-state index contributed by atoms with van der Waals surface area (Å²) in [6.45, 7) is 0. The third-order valence-corrected chi connectivity index (χ3v) is 5.12. The molecule has 0 fully saturated rings. The molecule has 2 aromatic heterocycles. The van der Waals surface area contributed by atoms with E-state index in [0.29, 0.717) is 15.8 Å². The van der Waals surface area contributed by atoms with Crippen molar-refractivity contribution in [3.63, 3.8) is 0 Å². The predicted molar refractivity (Wildman–Crippen MR) is 98.4 cm³/mol. The predicted octanol–water partition coefficient (Wildman–Crippen LogP) is 5.40. The number of para-hydroxylation sites is 1. The Bertz CT molecular complexity index is 943. The number of hydrogen-bond acceptors (Lipinski definition) is 5. The highest BCUT2D eigenvalue weighted by Gasteiger charge is 2.08. The lowest BCUT2D eigenvalue weighted by Crippen LogP contribution is -2.09. The maximum atomic E-state index is 12.0. The summed E-state index contributed by atoms with van der Waals surface area (Å²) in [4.78, 5) is 17.1. The summed E-state index contributed by atoms with van der Waals surface area (Å²) in [7, 11) is 0. The van der Waals surface area contributed by atoms with Crippen LogP contribution in [0.5, 0.6) is 10.9 Å². The number of thiazole rings is 1. The first kappa shape index (κ1) is 14.9. The molecule has 24 heavy (non-hydrogen) atoms. The molecular weight excluding hydrogens is 340 g/mol. The van der Waals surface area contributed by atoms with Gasteiger partial charge in [0.25, 0.3) is 11.1 Å². The van der Waals surface area contributed by atoms with Gasteiger partial charge in [-0.15, -0.1) is 11.3 Å². The van der Waals surface area contributed by atoms with E-state index in [1.165, 1.54) is 22.7 Å². The van der Waals surface area contributed by atoms with Crippen LogP contribution in [0.4, 0.5) is 5.69 Å². The van der Waals surface area contributed by atoms with Crippen molar-refractivity contribution < 1.29 is 9.53 Å². The van der Waals surface area contributed by atoms with E-state index in [2.05, 4.69) is 10.3 Å². The first-order valence-electron chi connectivity index (χ1n) is 7.26. The molecule has 0 spiro atoms. The molecule has 4 aromatic rings. The quantitative estimate of drug-likeness (QED) is 0.535. The molecule has 0 radical (unpaired) electrons. The summed E-state index contributed by atoms with van der Waals surface area (Å²) in [6.07, 6.45) is 0. The van der Waals surface area contributed by atoms with Gasteiger partial charge in [0, 0.05) is 5.69 Å². The Morgan fingerprint density at radius 1 is 1.00 bits per heavy atom. The zero-order valence-corrected chi connectivity index (χ0v) is 14.1. The summed E-state index contributed by atoms with van der Waals surface area (Å²) < 4.78 is 6.88. The number of nitrogens with zero attached hydrogens (tertiary/aromatic N) is 1. The molecular formula is C18H12N2O2S2. The van der Waals surface area contributed by atoms with Crippen molar-refractivity contribution in [3.8, 4) is 10.9 Å². The topological polar surface area (TPSA) is 51.2 Å². The number of ether oxygens (including phenoxy) is 1. The van der Waals surface area contributed by atoms with Crippen molar-refractivity contribution in [2.45, 2.75) is 0 Å². The Hall–Kier alpha value is -2.70. The summed E-state index contributed by atoms with van der Waals surface area (Å²) >= 11 is 2.92. The number of amides is 1. The average Bonchev–Trinajstić information content (AvgIpc) is 3.25. The maximum absolute atomic E-state index is 12.0. The standard InChI is InChI=1S/C18H12N2O2S2/c21-17(16-6-3-11-23-16)19-12-7-9-13(10-8-12)22-18-20-14-4-1-2-5-15(14)24-18/h1-11H,(H,19,21). The summed E-state index contributed by atoms with van der Waals surface area (Å²) in [5, 5.41) is 5.34. The Morgan fingerprint density at radius 2 is 1.83 bits per heavy atom. The number of carbonyl (C=O) groups is 1. The lowest BCUT2D eigenvalue weighted by molar-refractivity contribution is 0.103. The molecule has 0 aliphatic carbocycles. The van der Waals surface area contributed by atoms with Crippen LogP contribution in [0.15, 0.2) is 66.0 Å². The zero-order chi connectivity index (χ0) is 16.4. The second kappa shape index (κ2) is 6.43. The highest BCUT2D eigenvalue weighted by molar-refractivity contribution is 7.20. The van der Waals surface area contributed by atoms with Crippen molar-refractivity contribution in [3.05, 3.63) is 70.9 Å². The van der Waals surface area contributed by atoms with Gasteiger partial charge in [-0.3, -0.25) is 4.79 Å². The molecule has 0 aliphatic heterocycles. The van der Waals surface area contributed by atoms with E-state index in [4.69, 9.17) is 4.74 Å². The van der Waals surface area contributed by atoms with Gasteiger partial charge in [-0.25, -0.2) is 4.98 Å². The molecule has 0 aliphatic rings. The van der Waals surface area contributed by atoms with Crippen LogP contribution in [0.1, 0.15) is 9.67 Å². The van der Waals surface area contributed by atoms with Crippen molar-refractivity contribution in [1.29, 1.82) is 0 Å². The summed E-state index contributed by atoms with van der Waals surface area (Å²) in [5.41, 5.74) is 1.65. The van der Waals surface area contributed by atoms with Crippen LogP contribution >= 0.6 is 22.7 Å². The Balaban J connectivity index is 1.46. The fourth-order valence-corrected chi connectivity index (χ4v) is 3.66. The number of hydrogen-bond donors (Lipinski definition) is 1. The molecule has 2 heterocycles. The molecule has 0 unspecified atom stereocenters. The molecule has 4 rings (SSSR count). The zero-order valence-electron chi connectivity index (χ0n) is 12.4. The number of thiophene rings is 1. The summed E-state index contributed by atoms with van der Waals surface area (Å²) in [5.74, 6) is 0.577.